The quantitative estimate of drug-likeness (QED) is 0.796. The van der Waals surface area contributed by atoms with Gasteiger partial charge in [0.25, 0.3) is 0 Å². The van der Waals surface area contributed by atoms with Crippen molar-refractivity contribution in [2.45, 2.75) is 32.2 Å². The Morgan fingerprint density at radius 3 is 2.60 bits per heavy atom. The highest BCUT2D eigenvalue weighted by Crippen LogP contribution is 2.40. The van der Waals surface area contributed by atoms with Crippen LogP contribution in [0.2, 0.25) is 0 Å². The van der Waals surface area contributed by atoms with E-state index in [1.165, 1.54) is 5.56 Å². The topological polar surface area (TPSA) is 58.4 Å². The number of amides is 1. The maximum Gasteiger partial charge on any atom is 0.239 e. The van der Waals surface area contributed by atoms with Gasteiger partial charge in [-0.15, -0.1) is 0 Å². The number of nitrogens with two attached hydrogens (primary N) is 1. The third-order valence-electron chi connectivity index (χ3n) is 4.22. The Morgan fingerprint density at radius 1 is 1.45 bits per heavy atom. The van der Waals surface area contributed by atoms with Gasteiger partial charge in [-0.3, -0.25) is 4.79 Å². The van der Waals surface area contributed by atoms with Crippen molar-refractivity contribution in [2.24, 2.45) is 11.7 Å². The number of nitrogens with zero attached hydrogens (tertiary/aromatic N) is 1. The van der Waals surface area contributed by atoms with Gasteiger partial charge in [0.15, 0.2) is 0 Å². The van der Waals surface area contributed by atoms with Crippen molar-refractivity contribution >= 4 is 11.6 Å². The summed E-state index contributed by atoms with van der Waals surface area (Å²) in [5.41, 5.74) is 7.49. The van der Waals surface area contributed by atoms with Crippen molar-refractivity contribution in [3.05, 3.63) is 29.8 Å². The summed E-state index contributed by atoms with van der Waals surface area (Å²) in [6.45, 7) is 5.47. The van der Waals surface area contributed by atoms with Gasteiger partial charge in [-0.1, -0.05) is 25.1 Å². The molecule has 4 heteroatoms. The van der Waals surface area contributed by atoms with Crippen LogP contribution in [-0.2, 0) is 4.79 Å². The molecule has 3 N–H and O–H groups in total. The van der Waals surface area contributed by atoms with E-state index in [-0.39, 0.29) is 5.91 Å². The van der Waals surface area contributed by atoms with E-state index in [1.54, 1.807) is 0 Å². The summed E-state index contributed by atoms with van der Waals surface area (Å²) in [5.74, 6) is 0.133. The largest absolute Gasteiger partial charge is 0.372 e. The Hall–Kier alpha value is -1.55. The highest BCUT2D eigenvalue weighted by Gasteiger charge is 2.50. The van der Waals surface area contributed by atoms with Crippen molar-refractivity contribution in [3.63, 3.8) is 0 Å². The van der Waals surface area contributed by atoms with Crippen molar-refractivity contribution in [3.8, 4) is 0 Å². The first kappa shape index (κ1) is 14.9. The van der Waals surface area contributed by atoms with Gasteiger partial charge in [0.1, 0.15) is 5.54 Å². The fourth-order valence-electron chi connectivity index (χ4n) is 3.04. The minimum atomic E-state index is -0.605. The summed E-state index contributed by atoms with van der Waals surface area (Å²) in [4.78, 5) is 14.2. The molecular weight excluding hydrogens is 250 g/mol. The molecule has 1 atom stereocenters. The molecule has 0 saturated heterocycles. The lowest BCUT2D eigenvalue weighted by Crippen LogP contribution is -2.63. The van der Waals surface area contributed by atoms with Crippen LogP contribution in [0, 0.1) is 12.8 Å². The van der Waals surface area contributed by atoms with E-state index in [0.29, 0.717) is 12.5 Å². The van der Waals surface area contributed by atoms with Gasteiger partial charge in [0, 0.05) is 19.3 Å². The number of aryl methyl sites for hydroxylation is 1. The average Bonchev–Trinajstić information content (AvgIpc) is 3.22. The highest BCUT2D eigenvalue weighted by molar-refractivity contribution is 5.86. The predicted octanol–water partition coefficient (Wildman–Crippen LogP) is 1.67. The number of hydrogen-bond acceptors (Lipinski definition) is 3. The second kappa shape index (κ2) is 5.83. The van der Waals surface area contributed by atoms with Crippen LogP contribution in [0.5, 0.6) is 0 Å². The maximum atomic E-state index is 12.1. The Labute approximate surface area is 121 Å². The van der Waals surface area contributed by atoms with Gasteiger partial charge in [-0.25, -0.2) is 0 Å². The second-order valence-corrected chi connectivity index (χ2v) is 5.78. The first-order chi connectivity index (χ1) is 9.51. The fraction of sp³-hybridized carbons (Fsp3) is 0.562. The highest BCUT2D eigenvalue weighted by atomic mass is 16.1. The van der Waals surface area contributed by atoms with Crippen molar-refractivity contribution in [1.29, 1.82) is 0 Å². The number of primary amides is 1. The summed E-state index contributed by atoms with van der Waals surface area (Å²) >= 11 is 0. The normalized spacial score (nSPS) is 17.6. The van der Waals surface area contributed by atoms with Gasteiger partial charge >= 0.3 is 0 Å². The lowest BCUT2D eigenvalue weighted by molar-refractivity contribution is -0.124. The molecule has 4 nitrogen and oxygen atoms in total. The Kier molecular flexibility index (Phi) is 4.33. The van der Waals surface area contributed by atoms with Crippen molar-refractivity contribution in [1.82, 2.24) is 5.32 Å². The minimum absolute atomic E-state index is 0.234. The number of hydrogen-bond donors (Lipinski definition) is 2. The van der Waals surface area contributed by atoms with E-state index in [9.17, 15) is 4.79 Å². The molecule has 1 unspecified atom stereocenters. The van der Waals surface area contributed by atoms with E-state index in [0.717, 1.165) is 25.1 Å². The van der Waals surface area contributed by atoms with Crippen LogP contribution >= 0.6 is 0 Å². The number of benzene rings is 1. The molecule has 20 heavy (non-hydrogen) atoms. The number of para-hydroxylation sites is 1. The number of nitrogens with one attached hydrogen (secondary N) is 1. The van der Waals surface area contributed by atoms with Crippen molar-refractivity contribution < 1.29 is 4.79 Å². The molecule has 0 heterocycles. The SMILES string of the molecule is CCNC(CN(C)c1ccccc1C)(C(N)=O)C1CC1. The number of anilines is 1. The molecule has 110 valence electrons. The first-order valence-electron chi connectivity index (χ1n) is 7.33. The Morgan fingerprint density at radius 2 is 2.10 bits per heavy atom. The van der Waals surface area contributed by atoms with Crippen LogP contribution in [0.1, 0.15) is 25.3 Å². The van der Waals surface area contributed by atoms with Crippen LogP contribution in [0.25, 0.3) is 0 Å². The molecule has 1 aromatic rings. The summed E-state index contributed by atoms with van der Waals surface area (Å²) in [6.07, 6.45) is 2.16. The molecule has 1 aliphatic rings. The molecule has 0 aliphatic heterocycles. The smallest absolute Gasteiger partial charge is 0.239 e. The van der Waals surface area contributed by atoms with Crippen LogP contribution in [0.15, 0.2) is 24.3 Å². The van der Waals surface area contributed by atoms with Crippen molar-refractivity contribution in [2.75, 3.05) is 25.0 Å². The van der Waals surface area contributed by atoms with E-state index in [4.69, 9.17) is 5.73 Å². The zero-order valence-electron chi connectivity index (χ0n) is 12.6. The first-order valence-corrected chi connectivity index (χ1v) is 7.33. The van der Waals surface area contributed by atoms with Gasteiger partial charge < -0.3 is 16.0 Å². The zero-order valence-corrected chi connectivity index (χ0v) is 12.6. The second-order valence-electron chi connectivity index (χ2n) is 5.78. The lowest BCUT2D eigenvalue weighted by Gasteiger charge is -2.37. The summed E-state index contributed by atoms with van der Waals surface area (Å²) in [7, 11) is 2.03. The molecule has 1 amide bonds. The summed E-state index contributed by atoms with van der Waals surface area (Å²) in [6, 6.07) is 8.22. The zero-order chi connectivity index (χ0) is 14.8. The van der Waals surface area contributed by atoms with Crippen LogP contribution in [-0.4, -0.2) is 31.6 Å². The van der Waals surface area contributed by atoms with Gasteiger partial charge in [-0.2, -0.15) is 0 Å². The van der Waals surface area contributed by atoms with E-state index < -0.39 is 5.54 Å². The molecule has 0 aromatic heterocycles. The monoisotopic (exact) mass is 275 g/mol. The number of likely N-dealkylation sites (N-methyl/N-ethyl adjacent to an activating group) is 2. The standard InChI is InChI=1S/C16H25N3O/c1-4-18-16(15(17)20,13-9-10-13)11-19(3)14-8-6-5-7-12(14)2/h5-8,13,18H,4,9-11H2,1-3H3,(H2,17,20). The molecule has 1 fully saturated rings. The van der Waals surface area contributed by atoms with Gasteiger partial charge in [-0.05, 0) is 43.9 Å². The number of carbonyl (C=O) groups is 1. The minimum Gasteiger partial charge on any atom is -0.372 e. The van der Waals surface area contributed by atoms with E-state index >= 15 is 0 Å². The van der Waals surface area contributed by atoms with E-state index in [2.05, 4.69) is 29.3 Å². The van der Waals surface area contributed by atoms with Gasteiger partial charge in [0.05, 0.1) is 0 Å². The summed E-state index contributed by atoms with van der Waals surface area (Å²) in [5, 5.41) is 3.36. The maximum absolute atomic E-state index is 12.1. The third kappa shape index (κ3) is 2.80. The van der Waals surface area contributed by atoms with Crippen LogP contribution < -0.4 is 16.0 Å². The molecule has 0 bridgehead atoms. The molecule has 0 spiro atoms. The third-order valence-corrected chi connectivity index (χ3v) is 4.22. The fourth-order valence-corrected chi connectivity index (χ4v) is 3.04. The van der Waals surface area contributed by atoms with Gasteiger partial charge in [0.2, 0.25) is 5.91 Å². The molecular formula is C16H25N3O. The molecule has 0 radical (unpaired) electrons. The van der Waals surface area contributed by atoms with Crippen LogP contribution in [0.3, 0.4) is 0 Å². The van der Waals surface area contributed by atoms with Crippen LogP contribution in [0.4, 0.5) is 5.69 Å². The Balaban J connectivity index is 2.23. The average molecular weight is 275 g/mol. The molecule has 1 aromatic carbocycles. The molecule has 1 aliphatic carbocycles. The molecule has 1 saturated carbocycles. The predicted molar refractivity (Wildman–Crippen MR) is 82.8 cm³/mol. The lowest BCUT2D eigenvalue weighted by atomic mass is 9.91. The molecule has 2 rings (SSSR count). The summed E-state index contributed by atoms with van der Waals surface area (Å²) < 4.78 is 0. The van der Waals surface area contributed by atoms with E-state index in [1.807, 2.05) is 26.1 Å². The number of carbonyl (C=O) groups excluding carboxylic acids is 1. The number of rotatable bonds is 7. The Bertz CT molecular complexity index is 484.